The Morgan fingerprint density at radius 1 is 1.25 bits per heavy atom. The van der Waals surface area contributed by atoms with Crippen LogP contribution in [0, 0.1) is 0 Å². The van der Waals surface area contributed by atoms with Crippen LogP contribution in [0.1, 0.15) is 52.9 Å². The first-order chi connectivity index (χ1) is 9.53. The molecule has 1 atom stereocenters. The minimum Gasteiger partial charge on any atom is -0.355 e. The second-order valence-electron chi connectivity index (χ2n) is 5.79. The summed E-state index contributed by atoms with van der Waals surface area (Å²) in [6, 6.07) is 0. The zero-order chi connectivity index (χ0) is 15.0. The third-order valence-electron chi connectivity index (χ3n) is 3.78. The summed E-state index contributed by atoms with van der Waals surface area (Å²) in [6.07, 6.45) is 4.81. The lowest BCUT2D eigenvalue weighted by atomic mass is 9.89. The van der Waals surface area contributed by atoms with E-state index >= 15 is 0 Å². The molecule has 2 N–H and O–H groups in total. The van der Waals surface area contributed by atoms with Gasteiger partial charge in [0.2, 0.25) is 11.8 Å². The molecule has 0 aromatic carbocycles. The smallest absolute Gasteiger partial charge is 0.243 e. The molecule has 116 valence electrons. The second kappa shape index (κ2) is 8.25. The fourth-order valence-electron chi connectivity index (χ4n) is 2.60. The van der Waals surface area contributed by atoms with E-state index in [1.54, 1.807) is 4.90 Å². The molecule has 5 heteroatoms. The maximum atomic E-state index is 12.7. The zero-order valence-corrected chi connectivity index (χ0v) is 13.1. The van der Waals surface area contributed by atoms with Crippen molar-refractivity contribution in [2.75, 3.05) is 26.2 Å². The Balaban J connectivity index is 2.63. The van der Waals surface area contributed by atoms with Gasteiger partial charge in [-0.2, -0.15) is 0 Å². The molecule has 0 aromatic heterocycles. The minimum absolute atomic E-state index is 0.0608. The van der Waals surface area contributed by atoms with Gasteiger partial charge in [-0.15, -0.1) is 0 Å². The van der Waals surface area contributed by atoms with E-state index in [9.17, 15) is 9.59 Å². The summed E-state index contributed by atoms with van der Waals surface area (Å²) in [5.41, 5.74) is -0.502. The molecule has 0 bridgehead atoms. The molecule has 0 aliphatic carbocycles. The predicted octanol–water partition coefficient (Wildman–Crippen LogP) is 1.28. The largest absolute Gasteiger partial charge is 0.355 e. The molecule has 0 spiro atoms. The molecular formula is C15H29N3O2. The van der Waals surface area contributed by atoms with Crippen molar-refractivity contribution in [1.82, 2.24) is 15.5 Å². The van der Waals surface area contributed by atoms with Crippen LogP contribution in [-0.4, -0.2) is 48.4 Å². The lowest BCUT2D eigenvalue weighted by Crippen LogP contribution is -2.59. The fraction of sp³-hybridized carbons (Fsp3) is 0.867. The number of piperidine rings is 1. The molecule has 1 aliphatic rings. The summed E-state index contributed by atoms with van der Waals surface area (Å²) in [6.45, 7) is 8.36. The molecule has 1 heterocycles. The average Bonchev–Trinajstić information content (AvgIpc) is 2.44. The lowest BCUT2D eigenvalue weighted by molar-refractivity contribution is -0.142. The van der Waals surface area contributed by atoms with Crippen LogP contribution in [-0.2, 0) is 9.59 Å². The van der Waals surface area contributed by atoms with E-state index in [0.29, 0.717) is 13.1 Å². The number of nitrogens with one attached hydrogen (secondary N) is 2. The average molecular weight is 283 g/mol. The number of rotatable bonds is 7. The van der Waals surface area contributed by atoms with Crippen LogP contribution in [0.3, 0.4) is 0 Å². The van der Waals surface area contributed by atoms with Gasteiger partial charge in [0.25, 0.3) is 0 Å². The summed E-state index contributed by atoms with van der Waals surface area (Å²) in [4.78, 5) is 26.3. The van der Waals surface area contributed by atoms with Gasteiger partial charge in [0, 0.05) is 13.1 Å². The van der Waals surface area contributed by atoms with Gasteiger partial charge in [0.05, 0.1) is 12.1 Å². The van der Waals surface area contributed by atoms with Gasteiger partial charge in [0.15, 0.2) is 0 Å². The van der Waals surface area contributed by atoms with Crippen molar-refractivity contribution in [3.05, 3.63) is 0 Å². The first kappa shape index (κ1) is 17.0. The first-order valence-electron chi connectivity index (χ1n) is 7.84. The van der Waals surface area contributed by atoms with Crippen molar-refractivity contribution in [3.63, 3.8) is 0 Å². The second-order valence-corrected chi connectivity index (χ2v) is 5.79. The quantitative estimate of drug-likeness (QED) is 0.740. The van der Waals surface area contributed by atoms with Crippen molar-refractivity contribution in [3.8, 4) is 0 Å². The predicted molar refractivity (Wildman–Crippen MR) is 80.4 cm³/mol. The van der Waals surface area contributed by atoms with Crippen molar-refractivity contribution in [2.24, 2.45) is 0 Å². The number of hydrogen-bond donors (Lipinski definition) is 2. The van der Waals surface area contributed by atoms with Gasteiger partial charge >= 0.3 is 0 Å². The Bertz CT molecular complexity index is 325. The molecule has 0 saturated carbocycles. The Labute approximate surface area is 122 Å². The number of carbonyl (C=O) groups is 2. The van der Waals surface area contributed by atoms with Crippen LogP contribution in [0.15, 0.2) is 0 Å². The monoisotopic (exact) mass is 283 g/mol. The standard InChI is InChI=1S/C15H29N3O2/c1-4-9-16-13(19)12-18(11-5-2)14(20)15(3)8-6-7-10-17-15/h17H,4-12H2,1-3H3,(H,16,19). The maximum absolute atomic E-state index is 12.7. The molecule has 1 fully saturated rings. The molecule has 20 heavy (non-hydrogen) atoms. The first-order valence-corrected chi connectivity index (χ1v) is 7.84. The summed E-state index contributed by atoms with van der Waals surface area (Å²) >= 11 is 0. The molecule has 5 nitrogen and oxygen atoms in total. The maximum Gasteiger partial charge on any atom is 0.243 e. The van der Waals surface area contributed by atoms with E-state index in [1.165, 1.54) is 0 Å². The van der Waals surface area contributed by atoms with E-state index < -0.39 is 5.54 Å². The highest BCUT2D eigenvalue weighted by Gasteiger charge is 2.37. The normalized spacial score (nSPS) is 22.4. The molecule has 1 saturated heterocycles. The van der Waals surface area contributed by atoms with Gasteiger partial charge in [-0.1, -0.05) is 13.8 Å². The highest BCUT2D eigenvalue weighted by Crippen LogP contribution is 2.21. The van der Waals surface area contributed by atoms with E-state index in [4.69, 9.17) is 0 Å². The molecule has 1 rings (SSSR count). The Kier molecular flexibility index (Phi) is 6.99. The topological polar surface area (TPSA) is 61.4 Å². The van der Waals surface area contributed by atoms with Crippen LogP contribution in [0.2, 0.25) is 0 Å². The number of hydrogen-bond acceptors (Lipinski definition) is 3. The summed E-state index contributed by atoms with van der Waals surface area (Å²) in [5, 5.41) is 6.17. The van der Waals surface area contributed by atoms with Gasteiger partial charge in [-0.3, -0.25) is 9.59 Å². The number of carbonyl (C=O) groups excluding carboxylic acids is 2. The van der Waals surface area contributed by atoms with E-state index in [-0.39, 0.29) is 18.4 Å². The summed E-state index contributed by atoms with van der Waals surface area (Å²) < 4.78 is 0. The van der Waals surface area contributed by atoms with Gasteiger partial charge in [0.1, 0.15) is 0 Å². The third-order valence-corrected chi connectivity index (χ3v) is 3.78. The van der Waals surface area contributed by atoms with Gasteiger partial charge in [-0.05, 0) is 45.6 Å². The number of nitrogens with zero attached hydrogens (tertiary/aromatic N) is 1. The molecule has 0 aromatic rings. The minimum atomic E-state index is -0.502. The molecule has 2 amide bonds. The Hall–Kier alpha value is -1.10. The van der Waals surface area contributed by atoms with Gasteiger partial charge < -0.3 is 15.5 Å². The van der Waals surface area contributed by atoms with Crippen LogP contribution < -0.4 is 10.6 Å². The molecule has 1 unspecified atom stereocenters. The highest BCUT2D eigenvalue weighted by atomic mass is 16.2. The van der Waals surface area contributed by atoms with Gasteiger partial charge in [-0.25, -0.2) is 0 Å². The van der Waals surface area contributed by atoms with Crippen LogP contribution in [0.5, 0.6) is 0 Å². The SMILES string of the molecule is CCCNC(=O)CN(CCC)C(=O)C1(C)CCCCN1. The van der Waals surface area contributed by atoms with Crippen LogP contribution in [0.4, 0.5) is 0 Å². The molecular weight excluding hydrogens is 254 g/mol. The van der Waals surface area contributed by atoms with Crippen molar-refractivity contribution in [2.45, 2.75) is 58.4 Å². The van der Waals surface area contributed by atoms with Crippen LogP contribution in [0.25, 0.3) is 0 Å². The fourth-order valence-corrected chi connectivity index (χ4v) is 2.60. The van der Waals surface area contributed by atoms with E-state index in [0.717, 1.165) is 38.6 Å². The van der Waals surface area contributed by atoms with Crippen molar-refractivity contribution >= 4 is 11.8 Å². The summed E-state index contributed by atoms with van der Waals surface area (Å²) in [5.74, 6) is -0.00115. The third kappa shape index (κ3) is 4.78. The number of amides is 2. The Morgan fingerprint density at radius 2 is 2.00 bits per heavy atom. The molecule has 1 aliphatic heterocycles. The van der Waals surface area contributed by atoms with Crippen LogP contribution >= 0.6 is 0 Å². The zero-order valence-electron chi connectivity index (χ0n) is 13.1. The van der Waals surface area contributed by atoms with Crippen molar-refractivity contribution < 1.29 is 9.59 Å². The highest BCUT2D eigenvalue weighted by molar-refractivity contribution is 5.90. The Morgan fingerprint density at radius 3 is 2.55 bits per heavy atom. The molecule has 0 radical (unpaired) electrons. The lowest BCUT2D eigenvalue weighted by Gasteiger charge is -2.37. The van der Waals surface area contributed by atoms with E-state index in [2.05, 4.69) is 10.6 Å². The van der Waals surface area contributed by atoms with Crippen molar-refractivity contribution in [1.29, 1.82) is 0 Å². The van der Waals surface area contributed by atoms with E-state index in [1.807, 2.05) is 20.8 Å². The summed E-state index contributed by atoms with van der Waals surface area (Å²) in [7, 11) is 0.